The van der Waals surface area contributed by atoms with Gasteiger partial charge in [-0.15, -0.1) is 0 Å². The number of amides is 1. The lowest BCUT2D eigenvalue weighted by molar-refractivity contribution is 0.0949. The molecule has 2 heterocycles. The quantitative estimate of drug-likeness (QED) is 0.925. The molecular formula is C11H14BrN5O. The van der Waals surface area contributed by atoms with Crippen LogP contribution in [0.1, 0.15) is 21.7 Å². The lowest BCUT2D eigenvalue weighted by Crippen LogP contribution is -2.24. The molecule has 7 heteroatoms. The van der Waals surface area contributed by atoms with Crippen molar-refractivity contribution in [1.29, 1.82) is 0 Å². The molecule has 0 saturated carbocycles. The van der Waals surface area contributed by atoms with E-state index in [1.54, 1.807) is 28.8 Å². The number of halogens is 1. The Morgan fingerprint density at radius 3 is 2.72 bits per heavy atom. The van der Waals surface area contributed by atoms with Gasteiger partial charge in [0.15, 0.2) is 0 Å². The van der Waals surface area contributed by atoms with Crippen molar-refractivity contribution in [3.8, 4) is 0 Å². The fourth-order valence-electron chi connectivity index (χ4n) is 1.72. The monoisotopic (exact) mass is 311 g/mol. The van der Waals surface area contributed by atoms with Crippen LogP contribution in [0.15, 0.2) is 16.9 Å². The summed E-state index contributed by atoms with van der Waals surface area (Å²) >= 11 is 3.39. The molecule has 2 aromatic rings. The number of hydrogen-bond acceptors (Lipinski definition) is 3. The third kappa shape index (κ3) is 2.45. The van der Waals surface area contributed by atoms with Crippen LogP contribution < -0.4 is 5.32 Å². The summed E-state index contributed by atoms with van der Waals surface area (Å²) in [6.07, 6.45) is 3.42. The van der Waals surface area contributed by atoms with Crippen LogP contribution in [-0.2, 0) is 20.6 Å². The summed E-state index contributed by atoms with van der Waals surface area (Å²) in [7, 11) is 3.63. The first kappa shape index (κ1) is 12.8. The molecule has 0 radical (unpaired) electrons. The highest BCUT2D eigenvalue weighted by Gasteiger charge is 2.13. The van der Waals surface area contributed by atoms with Crippen molar-refractivity contribution in [1.82, 2.24) is 24.9 Å². The van der Waals surface area contributed by atoms with Crippen LogP contribution in [0.25, 0.3) is 0 Å². The van der Waals surface area contributed by atoms with Gasteiger partial charge < -0.3 is 5.32 Å². The minimum atomic E-state index is -0.131. The SMILES string of the molecule is Cc1nn(C)cc1C(=O)NCc1c(Br)cnn1C. The number of aryl methyl sites for hydroxylation is 3. The van der Waals surface area contributed by atoms with Gasteiger partial charge in [-0.1, -0.05) is 0 Å². The first-order valence-electron chi connectivity index (χ1n) is 5.44. The van der Waals surface area contributed by atoms with Crippen molar-refractivity contribution in [2.24, 2.45) is 14.1 Å². The van der Waals surface area contributed by atoms with E-state index in [1.807, 2.05) is 14.0 Å². The van der Waals surface area contributed by atoms with Gasteiger partial charge in [0.05, 0.1) is 34.2 Å². The van der Waals surface area contributed by atoms with Crippen LogP contribution in [0.3, 0.4) is 0 Å². The lowest BCUT2D eigenvalue weighted by atomic mass is 10.2. The Morgan fingerprint density at radius 2 is 2.22 bits per heavy atom. The fourth-order valence-corrected chi connectivity index (χ4v) is 2.21. The zero-order chi connectivity index (χ0) is 13.3. The first-order chi connectivity index (χ1) is 8.49. The first-order valence-corrected chi connectivity index (χ1v) is 6.23. The Balaban J connectivity index is 2.07. The van der Waals surface area contributed by atoms with Crippen molar-refractivity contribution in [2.45, 2.75) is 13.5 Å². The number of nitrogens with one attached hydrogen (secondary N) is 1. The predicted molar refractivity (Wildman–Crippen MR) is 70.0 cm³/mol. The van der Waals surface area contributed by atoms with Crippen molar-refractivity contribution in [3.63, 3.8) is 0 Å². The molecule has 0 atom stereocenters. The predicted octanol–water partition coefficient (Wildman–Crippen LogP) is 1.15. The number of nitrogens with zero attached hydrogens (tertiary/aromatic N) is 4. The zero-order valence-corrected chi connectivity index (χ0v) is 12.0. The van der Waals surface area contributed by atoms with E-state index < -0.39 is 0 Å². The molecule has 0 fully saturated rings. The van der Waals surface area contributed by atoms with Gasteiger partial charge in [-0.3, -0.25) is 14.2 Å². The summed E-state index contributed by atoms with van der Waals surface area (Å²) in [5.74, 6) is -0.131. The van der Waals surface area contributed by atoms with E-state index >= 15 is 0 Å². The largest absolute Gasteiger partial charge is 0.346 e. The molecule has 1 N–H and O–H groups in total. The van der Waals surface area contributed by atoms with E-state index in [9.17, 15) is 4.79 Å². The van der Waals surface area contributed by atoms with Gasteiger partial charge in [-0.05, 0) is 22.9 Å². The van der Waals surface area contributed by atoms with Gasteiger partial charge >= 0.3 is 0 Å². The van der Waals surface area contributed by atoms with Crippen LogP contribution in [0.2, 0.25) is 0 Å². The lowest BCUT2D eigenvalue weighted by Gasteiger charge is -2.05. The van der Waals surface area contributed by atoms with Gasteiger partial charge in [0, 0.05) is 20.3 Å². The minimum absolute atomic E-state index is 0.131. The molecule has 2 rings (SSSR count). The number of carbonyl (C=O) groups excluding carboxylic acids is 1. The maximum absolute atomic E-state index is 12.0. The fraction of sp³-hybridized carbons (Fsp3) is 0.364. The van der Waals surface area contributed by atoms with Gasteiger partial charge in [0.25, 0.3) is 5.91 Å². The van der Waals surface area contributed by atoms with Crippen molar-refractivity contribution >= 4 is 21.8 Å². The molecule has 0 aliphatic heterocycles. The number of rotatable bonds is 3. The van der Waals surface area contributed by atoms with Crippen LogP contribution >= 0.6 is 15.9 Å². The van der Waals surface area contributed by atoms with Crippen LogP contribution in [-0.4, -0.2) is 25.5 Å². The van der Waals surface area contributed by atoms with Gasteiger partial charge in [-0.2, -0.15) is 10.2 Å². The number of hydrogen-bond donors (Lipinski definition) is 1. The van der Waals surface area contributed by atoms with E-state index in [1.165, 1.54) is 0 Å². The van der Waals surface area contributed by atoms with Crippen LogP contribution in [0.4, 0.5) is 0 Å². The molecular weight excluding hydrogens is 298 g/mol. The zero-order valence-electron chi connectivity index (χ0n) is 10.4. The normalized spacial score (nSPS) is 10.7. The summed E-state index contributed by atoms with van der Waals surface area (Å²) in [4.78, 5) is 12.0. The van der Waals surface area contributed by atoms with E-state index in [-0.39, 0.29) is 5.91 Å². The van der Waals surface area contributed by atoms with E-state index in [0.29, 0.717) is 12.1 Å². The second kappa shape index (κ2) is 4.93. The molecule has 0 spiro atoms. The Hall–Kier alpha value is -1.63. The number of carbonyl (C=O) groups is 1. The summed E-state index contributed by atoms with van der Waals surface area (Å²) in [6.45, 7) is 2.24. The molecule has 0 bridgehead atoms. The second-order valence-electron chi connectivity index (χ2n) is 4.05. The molecule has 6 nitrogen and oxygen atoms in total. The number of aromatic nitrogens is 4. The highest BCUT2D eigenvalue weighted by atomic mass is 79.9. The average molecular weight is 312 g/mol. The molecule has 2 aromatic heterocycles. The molecule has 96 valence electrons. The topological polar surface area (TPSA) is 64.7 Å². The maximum Gasteiger partial charge on any atom is 0.255 e. The van der Waals surface area contributed by atoms with Crippen molar-refractivity contribution < 1.29 is 4.79 Å². The molecule has 0 saturated heterocycles. The average Bonchev–Trinajstić information content (AvgIpc) is 2.80. The third-order valence-electron chi connectivity index (χ3n) is 2.69. The van der Waals surface area contributed by atoms with E-state index in [0.717, 1.165) is 15.9 Å². The molecule has 0 aromatic carbocycles. The van der Waals surface area contributed by atoms with Crippen molar-refractivity contribution in [3.05, 3.63) is 33.8 Å². The molecule has 0 aliphatic carbocycles. The smallest absolute Gasteiger partial charge is 0.255 e. The minimum Gasteiger partial charge on any atom is -0.346 e. The standard InChI is InChI=1S/C11H14BrN5O/c1-7-8(6-16(2)15-7)11(18)13-5-10-9(12)4-14-17(10)3/h4,6H,5H2,1-3H3,(H,13,18). The summed E-state index contributed by atoms with van der Waals surface area (Å²) in [5.41, 5.74) is 2.24. The van der Waals surface area contributed by atoms with Gasteiger partial charge in [0.1, 0.15) is 0 Å². The van der Waals surface area contributed by atoms with Crippen LogP contribution in [0.5, 0.6) is 0 Å². The Bertz CT molecular complexity index is 567. The molecule has 1 amide bonds. The summed E-state index contributed by atoms with van der Waals surface area (Å²) in [6, 6.07) is 0. The summed E-state index contributed by atoms with van der Waals surface area (Å²) in [5, 5.41) is 11.1. The van der Waals surface area contributed by atoms with Gasteiger partial charge in [0.2, 0.25) is 0 Å². The Kier molecular flexibility index (Phi) is 3.51. The van der Waals surface area contributed by atoms with Crippen molar-refractivity contribution in [2.75, 3.05) is 0 Å². The van der Waals surface area contributed by atoms with E-state index in [2.05, 4.69) is 31.4 Å². The summed E-state index contributed by atoms with van der Waals surface area (Å²) < 4.78 is 4.23. The third-order valence-corrected chi connectivity index (χ3v) is 3.35. The molecule has 18 heavy (non-hydrogen) atoms. The van der Waals surface area contributed by atoms with Crippen LogP contribution in [0, 0.1) is 6.92 Å². The van der Waals surface area contributed by atoms with Gasteiger partial charge in [-0.25, -0.2) is 0 Å². The molecule has 0 unspecified atom stereocenters. The maximum atomic E-state index is 12.0. The Labute approximate surface area is 113 Å². The second-order valence-corrected chi connectivity index (χ2v) is 4.90. The highest BCUT2D eigenvalue weighted by Crippen LogP contribution is 2.14. The molecule has 0 aliphatic rings. The Morgan fingerprint density at radius 1 is 1.50 bits per heavy atom. The highest BCUT2D eigenvalue weighted by molar-refractivity contribution is 9.10. The van der Waals surface area contributed by atoms with E-state index in [4.69, 9.17) is 0 Å².